The van der Waals surface area contributed by atoms with Gasteiger partial charge in [-0.1, -0.05) is 13.8 Å². The summed E-state index contributed by atoms with van der Waals surface area (Å²) in [6.07, 6.45) is 0. The van der Waals surface area contributed by atoms with Crippen molar-refractivity contribution < 1.29 is 9.53 Å². The first-order chi connectivity index (χ1) is 6.54. The Morgan fingerprint density at radius 1 is 1.71 bits per heavy atom. The maximum atomic E-state index is 11.3. The molecule has 0 fully saturated rings. The van der Waals surface area contributed by atoms with Crippen LogP contribution in [0, 0.1) is 5.92 Å². The number of carbonyl (C=O) groups is 1. The molecule has 4 nitrogen and oxygen atoms in total. The minimum Gasteiger partial charge on any atom is -0.464 e. The Balaban J connectivity index is 2.96. The molecule has 1 aromatic rings. The van der Waals surface area contributed by atoms with Crippen LogP contribution in [0.1, 0.15) is 24.3 Å². The van der Waals surface area contributed by atoms with Crippen molar-refractivity contribution in [2.45, 2.75) is 20.4 Å². The van der Waals surface area contributed by atoms with Gasteiger partial charge in [-0.25, -0.2) is 4.79 Å². The Morgan fingerprint density at radius 3 is 2.86 bits per heavy atom. The minimum absolute atomic E-state index is 0.358. The van der Waals surface area contributed by atoms with Crippen molar-refractivity contribution in [3.05, 3.63) is 16.4 Å². The molecule has 78 valence electrons. The molecular weight excluding hydrogens is 248 g/mol. The number of esters is 1. The zero-order valence-electron chi connectivity index (χ0n) is 8.45. The number of nitrogens with zero attached hydrogens (tertiary/aromatic N) is 2. The number of halogens is 1. The van der Waals surface area contributed by atoms with Gasteiger partial charge >= 0.3 is 5.97 Å². The van der Waals surface area contributed by atoms with E-state index in [1.807, 2.05) is 0 Å². The summed E-state index contributed by atoms with van der Waals surface area (Å²) in [6.45, 7) is 4.84. The molecule has 0 aromatic carbocycles. The van der Waals surface area contributed by atoms with Gasteiger partial charge in [0.05, 0.1) is 7.11 Å². The van der Waals surface area contributed by atoms with Gasteiger partial charge in [-0.15, -0.1) is 0 Å². The van der Waals surface area contributed by atoms with Crippen LogP contribution in [0.3, 0.4) is 0 Å². The fourth-order valence-corrected chi connectivity index (χ4v) is 1.55. The Hall–Kier alpha value is -0.840. The zero-order chi connectivity index (χ0) is 10.7. The third kappa shape index (κ3) is 2.57. The largest absolute Gasteiger partial charge is 0.464 e. The monoisotopic (exact) mass is 260 g/mol. The molecule has 0 atom stereocenters. The first-order valence-electron chi connectivity index (χ1n) is 4.36. The average Bonchev–Trinajstić information content (AvgIpc) is 2.44. The molecule has 0 N–H and O–H groups in total. The van der Waals surface area contributed by atoms with Crippen LogP contribution in [0.25, 0.3) is 0 Å². The maximum Gasteiger partial charge on any atom is 0.356 e. The van der Waals surface area contributed by atoms with E-state index < -0.39 is 0 Å². The molecule has 0 radical (unpaired) electrons. The lowest BCUT2D eigenvalue weighted by Gasteiger charge is -2.07. The number of ether oxygens (including phenoxy) is 1. The quantitative estimate of drug-likeness (QED) is 0.782. The van der Waals surface area contributed by atoms with E-state index >= 15 is 0 Å². The summed E-state index contributed by atoms with van der Waals surface area (Å²) in [5.41, 5.74) is 0.480. The van der Waals surface area contributed by atoms with Gasteiger partial charge in [0.1, 0.15) is 10.3 Å². The number of rotatable bonds is 3. The fourth-order valence-electron chi connectivity index (χ4n) is 1.14. The lowest BCUT2D eigenvalue weighted by atomic mass is 10.2. The van der Waals surface area contributed by atoms with Crippen LogP contribution in [0.4, 0.5) is 0 Å². The number of carbonyl (C=O) groups excluding carboxylic acids is 1. The number of hydrogen-bond acceptors (Lipinski definition) is 3. The summed E-state index contributed by atoms with van der Waals surface area (Å²) in [5, 5.41) is 4.15. The van der Waals surface area contributed by atoms with E-state index in [2.05, 4.69) is 39.6 Å². The summed E-state index contributed by atoms with van der Waals surface area (Å²) >= 11 is 3.23. The standard InChI is InChI=1S/C9H13BrN2O2/c1-6(2)5-12-7(9(13)14-3)4-8(10)11-12/h4,6H,5H2,1-3H3. The van der Waals surface area contributed by atoms with Crippen molar-refractivity contribution >= 4 is 21.9 Å². The normalized spacial score (nSPS) is 10.6. The van der Waals surface area contributed by atoms with E-state index in [-0.39, 0.29) is 5.97 Å². The van der Waals surface area contributed by atoms with Crippen LogP contribution in [0.2, 0.25) is 0 Å². The van der Waals surface area contributed by atoms with E-state index in [9.17, 15) is 4.79 Å². The Kier molecular flexibility index (Phi) is 3.69. The van der Waals surface area contributed by atoms with Crippen molar-refractivity contribution in [2.75, 3.05) is 7.11 Å². The molecule has 0 aliphatic heterocycles. The fraction of sp³-hybridized carbons (Fsp3) is 0.556. The lowest BCUT2D eigenvalue weighted by Crippen LogP contribution is -2.14. The Morgan fingerprint density at radius 2 is 2.36 bits per heavy atom. The summed E-state index contributed by atoms with van der Waals surface area (Å²) in [7, 11) is 1.36. The summed E-state index contributed by atoms with van der Waals surface area (Å²) < 4.78 is 6.96. The molecular formula is C9H13BrN2O2. The highest BCUT2D eigenvalue weighted by Gasteiger charge is 2.15. The first-order valence-corrected chi connectivity index (χ1v) is 5.15. The van der Waals surface area contributed by atoms with Crippen LogP contribution < -0.4 is 0 Å². The van der Waals surface area contributed by atoms with Crippen molar-refractivity contribution in [1.29, 1.82) is 0 Å². The van der Waals surface area contributed by atoms with Gasteiger partial charge in [-0.2, -0.15) is 5.10 Å². The van der Waals surface area contributed by atoms with Gasteiger partial charge in [0, 0.05) is 12.6 Å². The Bertz CT molecular complexity index is 334. The molecule has 1 aromatic heterocycles. The Labute approximate surface area is 91.4 Å². The predicted molar refractivity (Wildman–Crippen MR) is 56.1 cm³/mol. The third-order valence-corrected chi connectivity index (χ3v) is 2.07. The lowest BCUT2D eigenvalue weighted by molar-refractivity contribution is 0.0585. The molecule has 0 aliphatic carbocycles. The van der Waals surface area contributed by atoms with Gasteiger partial charge in [-0.05, 0) is 21.8 Å². The highest BCUT2D eigenvalue weighted by molar-refractivity contribution is 9.10. The molecule has 0 bridgehead atoms. The highest BCUT2D eigenvalue weighted by Crippen LogP contribution is 2.13. The molecule has 14 heavy (non-hydrogen) atoms. The van der Waals surface area contributed by atoms with Crippen molar-refractivity contribution in [1.82, 2.24) is 9.78 Å². The highest BCUT2D eigenvalue weighted by atomic mass is 79.9. The van der Waals surface area contributed by atoms with Crippen LogP contribution >= 0.6 is 15.9 Å². The van der Waals surface area contributed by atoms with Crippen molar-refractivity contribution in [3.63, 3.8) is 0 Å². The van der Waals surface area contributed by atoms with E-state index in [4.69, 9.17) is 0 Å². The van der Waals surface area contributed by atoms with Gasteiger partial charge in [0.2, 0.25) is 0 Å². The van der Waals surface area contributed by atoms with Gasteiger partial charge < -0.3 is 4.74 Å². The van der Waals surface area contributed by atoms with Crippen LogP contribution in [0.5, 0.6) is 0 Å². The second kappa shape index (κ2) is 4.59. The molecule has 0 unspecified atom stereocenters. The average molecular weight is 261 g/mol. The van der Waals surface area contributed by atoms with E-state index in [1.54, 1.807) is 10.7 Å². The van der Waals surface area contributed by atoms with E-state index in [0.717, 1.165) is 0 Å². The van der Waals surface area contributed by atoms with Crippen LogP contribution in [-0.2, 0) is 11.3 Å². The van der Waals surface area contributed by atoms with Crippen LogP contribution in [-0.4, -0.2) is 22.9 Å². The topological polar surface area (TPSA) is 44.1 Å². The summed E-state index contributed by atoms with van der Waals surface area (Å²) in [4.78, 5) is 11.3. The van der Waals surface area contributed by atoms with Crippen LogP contribution in [0.15, 0.2) is 10.7 Å². The second-order valence-electron chi connectivity index (χ2n) is 3.42. The van der Waals surface area contributed by atoms with Gasteiger partial charge in [0.15, 0.2) is 0 Å². The molecule has 0 saturated heterocycles. The molecule has 1 rings (SSSR count). The first kappa shape index (κ1) is 11.2. The van der Waals surface area contributed by atoms with E-state index in [1.165, 1.54) is 7.11 Å². The second-order valence-corrected chi connectivity index (χ2v) is 4.23. The summed E-state index contributed by atoms with van der Waals surface area (Å²) in [5.74, 6) is 0.0778. The number of aromatic nitrogens is 2. The molecule has 0 amide bonds. The smallest absolute Gasteiger partial charge is 0.356 e. The van der Waals surface area contributed by atoms with Crippen molar-refractivity contribution in [2.24, 2.45) is 5.92 Å². The minimum atomic E-state index is -0.358. The van der Waals surface area contributed by atoms with Gasteiger partial charge in [-0.3, -0.25) is 4.68 Å². The van der Waals surface area contributed by atoms with Crippen molar-refractivity contribution in [3.8, 4) is 0 Å². The SMILES string of the molecule is COC(=O)c1cc(Br)nn1CC(C)C. The van der Waals surface area contributed by atoms with Gasteiger partial charge in [0.25, 0.3) is 0 Å². The molecule has 1 heterocycles. The molecule has 5 heteroatoms. The summed E-state index contributed by atoms with van der Waals surface area (Å²) in [6, 6.07) is 1.66. The third-order valence-electron chi connectivity index (χ3n) is 1.68. The zero-order valence-corrected chi connectivity index (χ0v) is 10.0. The number of hydrogen-bond donors (Lipinski definition) is 0. The number of methoxy groups -OCH3 is 1. The molecule has 0 aliphatic rings. The maximum absolute atomic E-state index is 11.3. The predicted octanol–water partition coefficient (Wildman–Crippen LogP) is 2.09. The molecule has 0 saturated carbocycles. The molecule has 0 spiro atoms. The van der Waals surface area contributed by atoms with E-state index in [0.29, 0.717) is 22.8 Å².